The van der Waals surface area contributed by atoms with Gasteiger partial charge in [-0.2, -0.15) is 0 Å². The highest BCUT2D eigenvalue weighted by Crippen LogP contribution is 2.29. The molecule has 1 aliphatic rings. The van der Waals surface area contributed by atoms with E-state index in [9.17, 15) is 14.9 Å². The van der Waals surface area contributed by atoms with Gasteiger partial charge in [0.1, 0.15) is 11.4 Å². The number of anilines is 3. The molecule has 0 aliphatic carbocycles. The zero-order valence-corrected chi connectivity index (χ0v) is 17.7. The molecule has 0 spiro atoms. The average Bonchev–Trinajstić information content (AvgIpc) is 2.84. The van der Waals surface area contributed by atoms with Crippen LogP contribution in [0, 0.1) is 10.1 Å². The van der Waals surface area contributed by atoms with E-state index in [1.807, 2.05) is 54.6 Å². The third-order valence-corrected chi connectivity index (χ3v) is 5.50. The van der Waals surface area contributed by atoms with Crippen molar-refractivity contribution in [2.24, 2.45) is 0 Å². The van der Waals surface area contributed by atoms with Gasteiger partial charge >= 0.3 is 0 Å². The number of nitrogens with one attached hydrogen (secondary N) is 1. The molecule has 0 saturated carbocycles. The maximum absolute atomic E-state index is 13.0. The number of ether oxygens (including phenoxy) is 1. The van der Waals surface area contributed by atoms with Gasteiger partial charge in [-0.1, -0.05) is 18.2 Å². The topological polar surface area (TPSA) is 88.0 Å². The fourth-order valence-corrected chi connectivity index (χ4v) is 3.74. The first-order chi connectivity index (χ1) is 15.5. The summed E-state index contributed by atoms with van der Waals surface area (Å²) in [7, 11) is 1.63. The monoisotopic (exact) mass is 432 g/mol. The summed E-state index contributed by atoms with van der Waals surface area (Å²) in [6.45, 7) is 2.47. The molecular weight excluding hydrogens is 408 g/mol. The number of piperazine rings is 1. The van der Waals surface area contributed by atoms with Crippen molar-refractivity contribution in [2.45, 2.75) is 0 Å². The lowest BCUT2D eigenvalue weighted by molar-refractivity contribution is -0.383. The molecule has 8 nitrogen and oxygen atoms in total. The number of hydrogen-bond donors (Lipinski definition) is 1. The molecule has 0 atom stereocenters. The predicted molar refractivity (Wildman–Crippen MR) is 124 cm³/mol. The summed E-state index contributed by atoms with van der Waals surface area (Å²) in [6, 6.07) is 21.6. The Labute approximate surface area is 186 Å². The van der Waals surface area contributed by atoms with Crippen molar-refractivity contribution in [1.82, 2.24) is 4.90 Å². The van der Waals surface area contributed by atoms with E-state index in [-0.39, 0.29) is 11.6 Å². The second-order valence-electron chi connectivity index (χ2n) is 7.46. The Balaban J connectivity index is 1.45. The summed E-state index contributed by atoms with van der Waals surface area (Å²) in [5.74, 6) is 0.600. The number of carbonyl (C=O) groups is 1. The van der Waals surface area contributed by atoms with E-state index in [0.717, 1.165) is 17.1 Å². The summed E-state index contributed by atoms with van der Waals surface area (Å²) in [5.41, 5.74) is 2.35. The molecule has 0 unspecified atom stereocenters. The van der Waals surface area contributed by atoms with Crippen LogP contribution in [-0.4, -0.2) is 49.0 Å². The van der Waals surface area contributed by atoms with E-state index >= 15 is 0 Å². The Morgan fingerprint density at radius 3 is 2.28 bits per heavy atom. The second kappa shape index (κ2) is 9.38. The van der Waals surface area contributed by atoms with Crippen LogP contribution >= 0.6 is 0 Å². The first-order valence-corrected chi connectivity index (χ1v) is 10.3. The van der Waals surface area contributed by atoms with E-state index in [4.69, 9.17) is 4.74 Å². The molecule has 1 amide bonds. The van der Waals surface area contributed by atoms with Gasteiger partial charge < -0.3 is 19.9 Å². The van der Waals surface area contributed by atoms with Crippen LogP contribution in [0.4, 0.5) is 22.7 Å². The minimum absolute atomic E-state index is 0.128. The van der Waals surface area contributed by atoms with E-state index < -0.39 is 4.92 Å². The van der Waals surface area contributed by atoms with Crippen LogP contribution in [0.25, 0.3) is 0 Å². The first kappa shape index (κ1) is 21.2. The van der Waals surface area contributed by atoms with E-state index in [0.29, 0.717) is 37.4 Å². The Bertz CT molecular complexity index is 1090. The molecule has 1 saturated heterocycles. The number of nitro groups is 1. The average molecular weight is 432 g/mol. The molecule has 1 heterocycles. The highest BCUT2D eigenvalue weighted by molar-refractivity contribution is 5.96. The number of carbonyl (C=O) groups excluding carboxylic acids is 1. The lowest BCUT2D eigenvalue weighted by Gasteiger charge is -2.36. The molecule has 0 radical (unpaired) electrons. The Morgan fingerprint density at radius 1 is 0.969 bits per heavy atom. The molecule has 1 N–H and O–H groups in total. The van der Waals surface area contributed by atoms with Gasteiger partial charge in [0.05, 0.1) is 12.0 Å². The third-order valence-electron chi connectivity index (χ3n) is 5.50. The van der Waals surface area contributed by atoms with Crippen LogP contribution in [-0.2, 0) is 0 Å². The van der Waals surface area contributed by atoms with Crippen molar-refractivity contribution in [3.63, 3.8) is 0 Å². The van der Waals surface area contributed by atoms with Gasteiger partial charge in [-0.05, 0) is 48.5 Å². The molecule has 3 aromatic rings. The zero-order chi connectivity index (χ0) is 22.5. The Kier molecular flexibility index (Phi) is 6.21. The summed E-state index contributed by atoms with van der Waals surface area (Å²) in [4.78, 5) is 28.1. The van der Waals surface area contributed by atoms with Gasteiger partial charge in [-0.15, -0.1) is 0 Å². The molecule has 164 valence electrons. The van der Waals surface area contributed by atoms with Crippen molar-refractivity contribution in [1.29, 1.82) is 0 Å². The van der Waals surface area contributed by atoms with Crippen LogP contribution in [0.5, 0.6) is 5.75 Å². The number of benzene rings is 3. The van der Waals surface area contributed by atoms with Crippen molar-refractivity contribution in [3.8, 4) is 5.75 Å². The standard InChI is InChI=1S/C24H24N4O4/c1-32-21-10-8-20(9-11-21)26-13-15-27(16-14-26)24(29)18-7-12-22(23(17-18)28(30)31)25-19-5-3-2-4-6-19/h2-12,17,25H,13-16H2,1H3. The fraction of sp³-hybridized carbons (Fsp3) is 0.208. The molecule has 8 heteroatoms. The van der Waals surface area contributed by atoms with Gasteiger partial charge in [-0.3, -0.25) is 14.9 Å². The van der Waals surface area contributed by atoms with Gasteiger partial charge in [0.25, 0.3) is 11.6 Å². The van der Waals surface area contributed by atoms with Crippen LogP contribution in [0.2, 0.25) is 0 Å². The highest BCUT2D eigenvalue weighted by atomic mass is 16.6. The van der Waals surface area contributed by atoms with Crippen LogP contribution in [0.3, 0.4) is 0 Å². The zero-order valence-electron chi connectivity index (χ0n) is 17.7. The summed E-state index contributed by atoms with van der Waals surface area (Å²) < 4.78 is 5.20. The Morgan fingerprint density at radius 2 is 1.66 bits per heavy atom. The first-order valence-electron chi connectivity index (χ1n) is 10.3. The third kappa shape index (κ3) is 4.64. The van der Waals surface area contributed by atoms with Crippen LogP contribution in [0.15, 0.2) is 72.8 Å². The summed E-state index contributed by atoms with van der Waals surface area (Å²) >= 11 is 0. The number of para-hydroxylation sites is 1. The number of amides is 1. The summed E-state index contributed by atoms with van der Waals surface area (Å²) in [6.07, 6.45) is 0. The number of rotatable bonds is 6. The molecule has 3 aromatic carbocycles. The van der Waals surface area contributed by atoms with E-state index in [1.54, 1.807) is 24.1 Å². The molecule has 1 fully saturated rings. The van der Waals surface area contributed by atoms with Crippen molar-refractivity contribution < 1.29 is 14.5 Å². The molecule has 0 aromatic heterocycles. The van der Waals surface area contributed by atoms with Crippen LogP contribution in [0.1, 0.15) is 10.4 Å². The number of nitro benzene ring substituents is 1. The van der Waals surface area contributed by atoms with Gasteiger partial charge in [0.2, 0.25) is 0 Å². The van der Waals surface area contributed by atoms with Gasteiger partial charge in [-0.25, -0.2) is 0 Å². The minimum Gasteiger partial charge on any atom is -0.497 e. The van der Waals surface area contributed by atoms with E-state index in [1.165, 1.54) is 6.07 Å². The number of methoxy groups -OCH3 is 1. The van der Waals surface area contributed by atoms with Gasteiger partial charge in [0, 0.05) is 49.2 Å². The lowest BCUT2D eigenvalue weighted by Crippen LogP contribution is -2.48. The number of nitrogens with zero attached hydrogens (tertiary/aromatic N) is 3. The van der Waals surface area contributed by atoms with Crippen LogP contribution < -0.4 is 15.0 Å². The highest BCUT2D eigenvalue weighted by Gasteiger charge is 2.25. The van der Waals surface area contributed by atoms with Crippen molar-refractivity contribution >= 4 is 28.7 Å². The minimum atomic E-state index is -0.469. The molecule has 4 rings (SSSR count). The lowest BCUT2D eigenvalue weighted by atomic mass is 10.1. The van der Waals surface area contributed by atoms with E-state index in [2.05, 4.69) is 10.2 Å². The maximum Gasteiger partial charge on any atom is 0.293 e. The van der Waals surface area contributed by atoms with Gasteiger partial charge in [0.15, 0.2) is 0 Å². The smallest absolute Gasteiger partial charge is 0.293 e. The predicted octanol–water partition coefficient (Wildman–Crippen LogP) is 4.31. The quantitative estimate of drug-likeness (QED) is 0.461. The molecule has 32 heavy (non-hydrogen) atoms. The second-order valence-corrected chi connectivity index (χ2v) is 7.46. The summed E-state index contributed by atoms with van der Waals surface area (Å²) in [5, 5.41) is 14.7. The normalized spacial score (nSPS) is 13.5. The SMILES string of the molecule is COc1ccc(N2CCN(C(=O)c3ccc(Nc4ccccc4)c([N+](=O)[O-])c3)CC2)cc1. The fourth-order valence-electron chi connectivity index (χ4n) is 3.74. The molecule has 0 bridgehead atoms. The Hall–Kier alpha value is -4.07. The van der Waals surface area contributed by atoms with Crippen molar-refractivity contribution in [3.05, 3.63) is 88.5 Å². The maximum atomic E-state index is 13.0. The largest absolute Gasteiger partial charge is 0.497 e. The molecular formula is C24H24N4O4. The van der Waals surface area contributed by atoms with Crippen molar-refractivity contribution in [2.75, 3.05) is 43.5 Å². The molecule has 1 aliphatic heterocycles. The number of hydrogen-bond acceptors (Lipinski definition) is 6.